The molecule has 0 aromatic heterocycles. The number of carbonyl (C=O) groups is 1. The van der Waals surface area contributed by atoms with Crippen LogP contribution < -0.4 is 10.6 Å². The highest BCUT2D eigenvalue weighted by Crippen LogP contribution is 2.07. The lowest BCUT2D eigenvalue weighted by atomic mass is 10.1. The van der Waals surface area contributed by atoms with E-state index in [4.69, 9.17) is 0 Å². The minimum Gasteiger partial charge on any atom is -0.357 e. The maximum atomic E-state index is 12.0. The fraction of sp³-hybridized carbons (Fsp3) is 0.579. The van der Waals surface area contributed by atoms with Crippen molar-refractivity contribution in [3.8, 4) is 0 Å². The van der Waals surface area contributed by atoms with E-state index < -0.39 is 0 Å². The zero-order valence-corrected chi connectivity index (χ0v) is 18.3. The minimum absolute atomic E-state index is 0. The van der Waals surface area contributed by atoms with Gasteiger partial charge in [-0.1, -0.05) is 31.9 Å². The summed E-state index contributed by atoms with van der Waals surface area (Å²) < 4.78 is 0. The molecule has 142 valence electrons. The molecule has 0 heterocycles. The Kier molecular flexibility index (Phi) is 13.2. The van der Waals surface area contributed by atoms with Crippen LogP contribution in [0.15, 0.2) is 29.3 Å². The van der Waals surface area contributed by atoms with Gasteiger partial charge in [0.2, 0.25) is 0 Å². The predicted octanol–water partition coefficient (Wildman–Crippen LogP) is 3.29. The van der Waals surface area contributed by atoms with E-state index >= 15 is 0 Å². The first-order valence-corrected chi connectivity index (χ1v) is 8.91. The fourth-order valence-corrected chi connectivity index (χ4v) is 2.34. The van der Waals surface area contributed by atoms with Crippen molar-refractivity contribution >= 4 is 35.8 Å². The number of hydrogen-bond acceptors (Lipinski definition) is 2. The number of nitrogens with one attached hydrogen (secondary N) is 2. The summed E-state index contributed by atoms with van der Waals surface area (Å²) in [6.07, 6.45) is 4.41. The van der Waals surface area contributed by atoms with Crippen molar-refractivity contribution in [3.63, 3.8) is 0 Å². The molecule has 0 unspecified atom stereocenters. The van der Waals surface area contributed by atoms with Crippen molar-refractivity contribution in [2.45, 2.75) is 39.5 Å². The second kappa shape index (κ2) is 13.9. The summed E-state index contributed by atoms with van der Waals surface area (Å²) in [5, 5.41) is 6.63. The SMILES string of the molecule is CCCCCN=C(NCC)NCCc1cccc(C(=O)N(C)C)c1.I. The number of aliphatic imine (C=N–C) groups is 1. The van der Waals surface area contributed by atoms with Crippen LogP contribution in [0, 0.1) is 0 Å². The monoisotopic (exact) mass is 460 g/mol. The summed E-state index contributed by atoms with van der Waals surface area (Å²) in [5.74, 6) is 0.907. The standard InChI is InChI=1S/C19H32N4O.HI/c1-5-7-8-13-21-19(20-6-2)22-14-12-16-10-9-11-17(15-16)18(24)23(3)4;/h9-11,15H,5-8,12-14H2,1-4H3,(H2,20,21,22);1H. The normalized spacial score (nSPS) is 10.8. The van der Waals surface area contributed by atoms with Crippen molar-refractivity contribution < 1.29 is 4.79 Å². The number of hydrogen-bond donors (Lipinski definition) is 2. The molecule has 1 aromatic carbocycles. The van der Waals surface area contributed by atoms with E-state index in [1.165, 1.54) is 12.8 Å². The molecule has 1 rings (SSSR count). The predicted molar refractivity (Wildman–Crippen MR) is 117 cm³/mol. The van der Waals surface area contributed by atoms with Crippen molar-refractivity contribution in [3.05, 3.63) is 35.4 Å². The third-order valence-corrected chi connectivity index (χ3v) is 3.66. The molecule has 1 aromatic rings. The second-order valence-electron chi connectivity index (χ2n) is 6.04. The van der Waals surface area contributed by atoms with E-state index in [1.807, 2.05) is 18.2 Å². The van der Waals surface area contributed by atoms with Gasteiger partial charge >= 0.3 is 0 Å². The van der Waals surface area contributed by atoms with E-state index in [2.05, 4.69) is 35.5 Å². The number of halogens is 1. The van der Waals surface area contributed by atoms with Crippen molar-refractivity contribution in [2.24, 2.45) is 4.99 Å². The Labute approximate surface area is 169 Å². The number of carbonyl (C=O) groups excluding carboxylic acids is 1. The van der Waals surface area contributed by atoms with E-state index in [9.17, 15) is 4.79 Å². The summed E-state index contributed by atoms with van der Waals surface area (Å²) >= 11 is 0. The molecule has 6 heteroatoms. The Morgan fingerprint density at radius 3 is 2.56 bits per heavy atom. The third kappa shape index (κ3) is 9.67. The molecule has 0 radical (unpaired) electrons. The van der Waals surface area contributed by atoms with Gasteiger partial charge < -0.3 is 15.5 Å². The lowest BCUT2D eigenvalue weighted by molar-refractivity contribution is 0.0827. The lowest BCUT2D eigenvalue weighted by Gasteiger charge is -2.13. The first-order chi connectivity index (χ1) is 11.6. The van der Waals surface area contributed by atoms with Crippen LogP contribution in [0.5, 0.6) is 0 Å². The van der Waals surface area contributed by atoms with Crippen molar-refractivity contribution in [2.75, 3.05) is 33.7 Å². The van der Waals surface area contributed by atoms with Crippen LogP contribution in [0.25, 0.3) is 0 Å². The number of guanidine groups is 1. The zero-order chi connectivity index (χ0) is 17.8. The zero-order valence-electron chi connectivity index (χ0n) is 16.0. The Morgan fingerprint density at radius 1 is 1.16 bits per heavy atom. The molecule has 0 spiro atoms. The minimum atomic E-state index is 0. The Hall–Kier alpha value is -1.31. The van der Waals surface area contributed by atoms with Crippen LogP contribution in [0.4, 0.5) is 0 Å². The van der Waals surface area contributed by atoms with Crippen LogP contribution in [0.3, 0.4) is 0 Å². The van der Waals surface area contributed by atoms with E-state index in [0.717, 1.165) is 49.6 Å². The first-order valence-electron chi connectivity index (χ1n) is 8.91. The average Bonchev–Trinajstić information content (AvgIpc) is 2.58. The van der Waals surface area contributed by atoms with Gasteiger partial charge in [-0.25, -0.2) is 0 Å². The van der Waals surface area contributed by atoms with Gasteiger partial charge in [0.25, 0.3) is 5.91 Å². The van der Waals surface area contributed by atoms with Crippen LogP contribution in [-0.4, -0.2) is 50.5 Å². The van der Waals surface area contributed by atoms with Crippen molar-refractivity contribution in [1.82, 2.24) is 15.5 Å². The molecule has 0 fully saturated rings. The van der Waals surface area contributed by atoms with Gasteiger partial charge in [-0.15, -0.1) is 24.0 Å². The number of nitrogens with zero attached hydrogens (tertiary/aromatic N) is 2. The smallest absolute Gasteiger partial charge is 0.253 e. The molecule has 0 atom stereocenters. The molecule has 0 bridgehead atoms. The topological polar surface area (TPSA) is 56.7 Å². The van der Waals surface area contributed by atoms with E-state index in [1.54, 1.807) is 19.0 Å². The van der Waals surface area contributed by atoms with Gasteiger partial charge in [0.05, 0.1) is 0 Å². The number of rotatable bonds is 9. The highest BCUT2D eigenvalue weighted by Gasteiger charge is 2.08. The number of benzene rings is 1. The van der Waals surface area contributed by atoms with Crippen LogP contribution >= 0.6 is 24.0 Å². The molecule has 0 saturated carbocycles. The first kappa shape index (κ1) is 23.7. The summed E-state index contributed by atoms with van der Waals surface area (Å²) in [6.45, 7) is 6.77. The molecule has 0 aliphatic rings. The van der Waals surface area contributed by atoms with Gasteiger partial charge in [0, 0.05) is 39.3 Å². The van der Waals surface area contributed by atoms with Gasteiger partial charge in [0.15, 0.2) is 5.96 Å². The average molecular weight is 460 g/mol. The summed E-state index contributed by atoms with van der Waals surface area (Å²) in [6, 6.07) is 7.82. The molecule has 25 heavy (non-hydrogen) atoms. The van der Waals surface area contributed by atoms with Crippen molar-refractivity contribution in [1.29, 1.82) is 0 Å². The van der Waals surface area contributed by atoms with E-state index in [0.29, 0.717) is 0 Å². The van der Waals surface area contributed by atoms with Gasteiger partial charge in [-0.05, 0) is 37.5 Å². The summed E-state index contributed by atoms with van der Waals surface area (Å²) in [7, 11) is 3.54. The number of unbranched alkanes of at least 4 members (excludes halogenated alkanes) is 2. The Morgan fingerprint density at radius 2 is 1.92 bits per heavy atom. The van der Waals surface area contributed by atoms with Crippen LogP contribution in [0.1, 0.15) is 49.0 Å². The Bertz CT molecular complexity index is 532. The highest BCUT2D eigenvalue weighted by molar-refractivity contribution is 14.0. The maximum absolute atomic E-state index is 12.0. The molecule has 0 aliphatic heterocycles. The highest BCUT2D eigenvalue weighted by atomic mass is 127. The van der Waals surface area contributed by atoms with Gasteiger partial charge in [-0.3, -0.25) is 9.79 Å². The van der Waals surface area contributed by atoms with Gasteiger partial charge in [0.1, 0.15) is 0 Å². The molecular formula is C19H33IN4O. The quantitative estimate of drug-likeness (QED) is 0.257. The molecule has 0 aliphatic carbocycles. The van der Waals surface area contributed by atoms with Crippen LogP contribution in [-0.2, 0) is 6.42 Å². The fourth-order valence-electron chi connectivity index (χ4n) is 2.34. The maximum Gasteiger partial charge on any atom is 0.253 e. The van der Waals surface area contributed by atoms with Crippen LogP contribution in [0.2, 0.25) is 0 Å². The summed E-state index contributed by atoms with van der Waals surface area (Å²) in [4.78, 5) is 18.2. The number of amides is 1. The molecule has 5 nitrogen and oxygen atoms in total. The molecule has 1 amide bonds. The third-order valence-electron chi connectivity index (χ3n) is 3.66. The largest absolute Gasteiger partial charge is 0.357 e. The molecular weight excluding hydrogens is 427 g/mol. The van der Waals surface area contributed by atoms with Gasteiger partial charge in [-0.2, -0.15) is 0 Å². The molecule has 0 saturated heterocycles. The Balaban J connectivity index is 0.00000576. The molecule has 2 N–H and O–H groups in total. The lowest BCUT2D eigenvalue weighted by Crippen LogP contribution is -2.38. The van der Waals surface area contributed by atoms with E-state index in [-0.39, 0.29) is 29.9 Å². The summed E-state index contributed by atoms with van der Waals surface area (Å²) in [5.41, 5.74) is 1.88. The second-order valence-corrected chi connectivity index (χ2v) is 6.04.